The van der Waals surface area contributed by atoms with E-state index in [4.69, 9.17) is 4.74 Å². The molecule has 0 N–H and O–H groups in total. The Hall–Kier alpha value is -0.600. The first-order valence-corrected chi connectivity index (χ1v) is 5.12. The maximum absolute atomic E-state index is 5.19. The maximum atomic E-state index is 5.19. The zero-order chi connectivity index (χ0) is 9.52. The summed E-state index contributed by atoms with van der Waals surface area (Å²) in [7, 11) is 0. The maximum Gasteiger partial charge on any atom is 0.0650 e. The van der Waals surface area contributed by atoms with E-state index in [1.54, 1.807) is 0 Å². The van der Waals surface area contributed by atoms with Crippen LogP contribution in [-0.2, 0) is 4.74 Å². The highest BCUT2D eigenvalue weighted by Crippen LogP contribution is 2.16. The number of ether oxygens (including phenoxy) is 1. The highest BCUT2D eigenvalue weighted by molar-refractivity contribution is 9.10. The number of hydrogen-bond donors (Lipinski definition) is 0. The van der Waals surface area contributed by atoms with Gasteiger partial charge in [-0.25, -0.2) is 0 Å². The smallest absolute Gasteiger partial charge is 0.0650 e. The molecule has 0 spiro atoms. The second-order valence-electron chi connectivity index (χ2n) is 2.58. The molecule has 13 heavy (non-hydrogen) atoms. The van der Waals surface area contributed by atoms with Gasteiger partial charge in [0.25, 0.3) is 0 Å². The molecule has 0 aromatic heterocycles. The summed E-state index contributed by atoms with van der Waals surface area (Å²) in [6.07, 6.45) is 4.07. The quantitative estimate of drug-likeness (QED) is 0.733. The van der Waals surface area contributed by atoms with Gasteiger partial charge in [0.05, 0.1) is 6.61 Å². The van der Waals surface area contributed by atoms with Crippen molar-refractivity contribution in [2.24, 2.45) is 0 Å². The molecule has 1 aromatic carbocycles. The Balaban J connectivity index is 2.53. The molecule has 2 heteroatoms. The third kappa shape index (κ3) is 3.75. The van der Waals surface area contributed by atoms with Crippen molar-refractivity contribution in [1.82, 2.24) is 0 Å². The van der Waals surface area contributed by atoms with Crippen molar-refractivity contribution in [2.75, 3.05) is 13.2 Å². The normalized spacial score (nSPS) is 10.9. The van der Waals surface area contributed by atoms with Crippen LogP contribution in [0.1, 0.15) is 12.5 Å². The van der Waals surface area contributed by atoms with E-state index in [9.17, 15) is 0 Å². The van der Waals surface area contributed by atoms with Crippen molar-refractivity contribution >= 4 is 22.0 Å². The largest absolute Gasteiger partial charge is 0.378 e. The standard InChI is InChI=1S/C11H13BrO/c1-2-13-9-5-7-10-6-3-4-8-11(10)12/h3-8H,2,9H2,1H3. The number of benzene rings is 1. The molecule has 1 nitrogen and oxygen atoms in total. The van der Waals surface area contributed by atoms with Crippen LogP contribution >= 0.6 is 15.9 Å². The lowest BCUT2D eigenvalue weighted by Crippen LogP contribution is -1.87. The average molecular weight is 241 g/mol. The van der Waals surface area contributed by atoms with E-state index in [1.807, 2.05) is 31.2 Å². The van der Waals surface area contributed by atoms with Crippen LogP contribution in [0.15, 0.2) is 34.8 Å². The summed E-state index contributed by atoms with van der Waals surface area (Å²) >= 11 is 3.47. The van der Waals surface area contributed by atoms with Crippen LogP contribution in [0.3, 0.4) is 0 Å². The van der Waals surface area contributed by atoms with Gasteiger partial charge in [0.15, 0.2) is 0 Å². The summed E-state index contributed by atoms with van der Waals surface area (Å²) in [6, 6.07) is 8.11. The van der Waals surface area contributed by atoms with Crippen molar-refractivity contribution in [2.45, 2.75) is 6.92 Å². The van der Waals surface area contributed by atoms with E-state index in [2.05, 4.69) is 28.1 Å². The van der Waals surface area contributed by atoms with Gasteiger partial charge in [-0.15, -0.1) is 0 Å². The monoisotopic (exact) mass is 240 g/mol. The Kier molecular flexibility index (Phi) is 4.79. The molecule has 0 unspecified atom stereocenters. The molecule has 0 saturated heterocycles. The van der Waals surface area contributed by atoms with Gasteiger partial charge in [-0.2, -0.15) is 0 Å². The molecule has 70 valence electrons. The molecule has 0 saturated carbocycles. The average Bonchev–Trinajstić information content (AvgIpc) is 2.15. The lowest BCUT2D eigenvalue weighted by molar-refractivity contribution is 0.178. The summed E-state index contributed by atoms with van der Waals surface area (Å²) in [6.45, 7) is 3.43. The Morgan fingerprint density at radius 1 is 1.38 bits per heavy atom. The molecule has 0 aliphatic rings. The van der Waals surface area contributed by atoms with Gasteiger partial charge in [-0.1, -0.05) is 46.3 Å². The van der Waals surface area contributed by atoms with Gasteiger partial charge >= 0.3 is 0 Å². The zero-order valence-corrected chi connectivity index (χ0v) is 9.25. The highest BCUT2D eigenvalue weighted by atomic mass is 79.9. The fourth-order valence-electron chi connectivity index (χ4n) is 0.971. The molecule has 0 aliphatic carbocycles. The van der Waals surface area contributed by atoms with Gasteiger partial charge in [0.2, 0.25) is 0 Å². The highest BCUT2D eigenvalue weighted by Gasteiger charge is 1.91. The fourth-order valence-corrected chi connectivity index (χ4v) is 1.39. The lowest BCUT2D eigenvalue weighted by atomic mass is 10.2. The van der Waals surface area contributed by atoms with E-state index in [-0.39, 0.29) is 0 Å². The SMILES string of the molecule is CCOCC=Cc1ccccc1Br. The third-order valence-corrected chi connectivity index (χ3v) is 2.34. The van der Waals surface area contributed by atoms with Crippen LogP contribution in [0.25, 0.3) is 6.08 Å². The van der Waals surface area contributed by atoms with E-state index < -0.39 is 0 Å². The number of hydrogen-bond acceptors (Lipinski definition) is 1. The van der Waals surface area contributed by atoms with Gasteiger partial charge in [0, 0.05) is 11.1 Å². The molecule has 0 amide bonds. The minimum absolute atomic E-state index is 0.678. The topological polar surface area (TPSA) is 9.23 Å². The van der Waals surface area contributed by atoms with Crippen LogP contribution in [0.2, 0.25) is 0 Å². The van der Waals surface area contributed by atoms with Crippen molar-refractivity contribution in [1.29, 1.82) is 0 Å². The van der Waals surface area contributed by atoms with Gasteiger partial charge < -0.3 is 4.74 Å². The molecule has 0 bridgehead atoms. The summed E-state index contributed by atoms with van der Waals surface area (Å²) < 4.78 is 6.31. The zero-order valence-electron chi connectivity index (χ0n) is 7.66. The van der Waals surface area contributed by atoms with E-state index in [0.29, 0.717) is 6.61 Å². The van der Waals surface area contributed by atoms with Crippen LogP contribution in [0.4, 0.5) is 0 Å². The molecule has 0 aliphatic heterocycles. The second kappa shape index (κ2) is 5.95. The van der Waals surface area contributed by atoms with Crippen molar-refractivity contribution in [3.05, 3.63) is 40.4 Å². The van der Waals surface area contributed by atoms with Crippen LogP contribution in [0, 0.1) is 0 Å². The van der Waals surface area contributed by atoms with Crippen LogP contribution < -0.4 is 0 Å². The fraction of sp³-hybridized carbons (Fsp3) is 0.273. The Morgan fingerprint density at radius 3 is 2.85 bits per heavy atom. The minimum atomic E-state index is 0.678. The second-order valence-corrected chi connectivity index (χ2v) is 3.44. The summed E-state index contributed by atoms with van der Waals surface area (Å²) in [5.74, 6) is 0. The van der Waals surface area contributed by atoms with Crippen molar-refractivity contribution in [3.8, 4) is 0 Å². The van der Waals surface area contributed by atoms with Gasteiger partial charge in [0.1, 0.15) is 0 Å². The number of halogens is 1. The van der Waals surface area contributed by atoms with E-state index in [1.165, 1.54) is 5.56 Å². The predicted octanol–water partition coefficient (Wildman–Crippen LogP) is 3.50. The molecule has 1 aromatic rings. The van der Waals surface area contributed by atoms with Crippen LogP contribution in [0.5, 0.6) is 0 Å². The van der Waals surface area contributed by atoms with E-state index in [0.717, 1.165) is 11.1 Å². The van der Waals surface area contributed by atoms with Crippen LogP contribution in [-0.4, -0.2) is 13.2 Å². The molecular formula is C11H13BrO. The molecule has 0 radical (unpaired) electrons. The Morgan fingerprint density at radius 2 is 2.15 bits per heavy atom. The molecule has 0 atom stereocenters. The molecule has 0 fully saturated rings. The van der Waals surface area contributed by atoms with Crippen molar-refractivity contribution < 1.29 is 4.74 Å². The molecule has 1 rings (SSSR count). The molecule has 0 heterocycles. The Labute approximate surface area is 87.5 Å². The van der Waals surface area contributed by atoms with Gasteiger partial charge in [-0.05, 0) is 18.6 Å². The first-order chi connectivity index (χ1) is 6.34. The summed E-state index contributed by atoms with van der Waals surface area (Å²) in [5, 5.41) is 0. The Bertz CT molecular complexity index is 281. The van der Waals surface area contributed by atoms with Gasteiger partial charge in [-0.3, -0.25) is 0 Å². The minimum Gasteiger partial charge on any atom is -0.378 e. The lowest BCUT2D eigenvalue weighted by Gasteiger charge is -1.97. The van der Waals surface area contributed by atoms with Crippen molar-refractivity contribution in [3.63, 3.8) is 0 Å². The third-order valence-electron chi connectivity index (χ3n) is 1.62. The molecular weight excluding hydrogens is 228 g/mol. The first kappa shape index (κ1) is 10.5. The summed E-state index contributed by atoms with van der Waals surface area (Å²) in [5.41, 5.74) is 1.18. The van der Waals surface area contributed by atoms with E-state index >= 15 is 0 Å². The predicted molar refractivity (Wildman–Crippen MR) is 59.7 cm³/mol. The number of rotatable bonds is 4. The summed E-state index contributed by atoms with van der Waals surface area (Å²) in [4.78, 5) is 0. The first-order valence-electron chi connectivity index (χ1n) is 4.33.